The number of carbonyl (C=O) groups excluding carboxylic acids is 1. The Morgan fingerprint density at radius 1 is 1.67 bits per heavy atom. The molecule has 0 aliphatic rings. The van der Waals surface area contributed by atoms with Crippen molar-refractivity contribution in [2.75, 3.05) is 13.6 Å². The monoisotopic (exact) mass is 212 g/mol. The third-order valence-electron chi connectivity index (χ3n) is 1.96. The van der Waals surface area contributed by atoms with Gasteiger partial charge in [0.2, 0.25) is 0 Å². The number of nitrogens with two attached hydrogens (primary N) is 1. The first kappa shape index (κ1) is 11.7. The summed E-state index contributed by atoms with van der Waals surface area (Å²) >= 11 is 0. The Bertz CT molecular complexity index is 333. The van der Waals surface area contributed by atoms with E-state index < -0.39 is 6.10 Å². The summed E-state index contributed by atoms with van der Waals surface area (Å²) in [5.41, 5.74) is 5.36. The third kappa shape index (κ3) is 3.07. The maximum atomic E-state index is 11.7. The first-order valence-corrected chi connectivity index (χ1v) is 4.77. The topological polar surface area (TPSA) is 79.7 Å². The summed E-state index contributed by atoms with van der Waals surface area (Å²) in [6.07, 6.45) is -0.553. The molecule has 1 unspecified atom stereocenters. The van der Waals surface area contributed by atoms with E-state index in [9.17, 15) is 4.79 Å². The molecule has 0 aliphatic heterocycles. The van der Waals surface area contributed by atoms with Crippen LogP contribution in [-0.4, -0.2) is 35.6 Å². The number of rotatable bonds is 4. The fraction of sp³-hybridized carbons (Fsp3) is 0.500. The van der Waals surface area contributed by atoms with Gasteiger partial charge in [-0.2, -0.15) is 0 Å². The molecular formula is C10H16N2O3. The second-order valence-electron chi connectivity index (χ2n) is 3.50. The van der Waals surface area contributed by atoms with Crippen molar-refractivity contribution in [3.05, 3.63) is 23.7 Å². The number of aliphatic hydroxyl groups is 1. The predicted molar refractivity (Wildman–Crippen MR) is 55.2 cm³/mol. The van der Waals surface area contributed by atoms with Gasteiger partial charge in [0.05, 0.1) is 12.6 Å². The summed E-state index contributed by atoms with van der Waals surface area (Å²) in [4.78, 5) is 13.1. The zero-order valence-electron chi connectivity index (χ0n) is 8.93. The number of aliphatic hydroxyl groups excluding tert-OH is 1. The molecule has 84 valence electrons. The Morgan fingerprint density at radius 3 is 2.80 bits per heavy atom. The highest BCUT2D eigenvalue weighted by Gasteiger charge is 2.16. The first-order chi connectivity index (χ1) is 7.04. The Kier molecular flexibility index (Phi) is 3.88. The lowest BCUT2D eigenvalue weighted by molar-refractivity contribution is 0.0672. The average Bonchev–Trinajstić information content (AvgIpc) is 2.63. The fourth-order valence-electron chi connectivity index (χ4n) is 1.27. The van der Waals surface area contributed by atoms with Crippen molar-refractivity contribution < 1.29 is 14.3 Å². The number of amides is 1. The van der Waals surface area contributed by atoms with Crippen LogP contribution in [0.4, 0.5) is 0 Å². The molecule has 5 heteroatoms. The normalized spacial score (nSPS) is 12.5. The van der Waals surface area contributed by atoms with Crippen LogP contribution in [0.1, 0.15) is 23.2 Å². The first-order valence-electron chi connectivity index (χ1n) is 4.77. The lowest BCUT2D eigenvalue weighted by Gasteiger charge is -2.17. The van der Waals surface area contributed by atoms with Crippen LogP contribution in [0.15, 0.2) is 16.5 Å². The van der Waals surface area contributed by atoms with Crippen molar-refractivity contribution in [1.82, 2.24) is 4.90 Å². The minimum absolute atomic E-state index is 0.249. The number of hydrogen-bond donors (Lipinski definition) is 2. The van der Waals surface area contributed by atoms with Gasteiger partial charge in [0.15, 0.2) is 5.76 Å². The van der Waals surface area contributed by atoms with Gasteiger partial charge < -0.3 is 20.2 Å². The van der Waals surface area contributed by atoms with Gasteiger partial charge in [-0.25, -0.2) is 0 Å². The second-order valence-corrected chi connectivity index (χ2v) is 3.50. The quantitative estimate of drug-likeness (QED) is 0.746. The van der Waals surface area contributed by atoms with E-state index in [2.05, 4.69) is 0 Å². The van der Waals surface area contributed by atoms with Gasteiger partial charge in [0, 0.05) is 13.6 Å². The van der Waals surface area contributed by atoms with Crippen molar-refractivity contribution in [2.45, 2.75) is 19.6 Å². The summed E-state index contributed by atoms with van der Waals surface area (Å²) < 4.78 is 5.20. The van der Waals surface area contributed by atoms with Crippen molar-refractivity contribution in [2.24, 2.45) is 5.73 Å². The van der Waals surface area contributed by atoms with Crippen molar-refractivity contribution >= 4 is 5.91 Å². The molecule has 0 spiro atoms. The molecule has 5 nitrogen and oxygen atoms in total. The van der Waals surface area contributed by atoms with Crippen LogP contribution in [0.25, 0.3) is 0 Å². The highest BCUT2D eigenvalue weighted by Crippen LogP contribution is 2.09. The molecule has 3 N–H and O–H groups in total. The fourth-order valence-corrected chi connectivity index (χ4v) is 1.27. The summed E-state index contributed by atoms with van der Waals surface area (Å²) in [5, 5.41) is 9.13. The zero-order valence-corrected chi connectivity index (χ0v) is 8.93. The number of likely N-dealkylation sites (N-methyl/N-ethyl adjacent to an activating group) is 1. The molecule has 1 heterocycles. The van der Waals surface area contributed by atoms with Crippen LogP contribution in [0, 0.1) is 0 Å². The number of furan rings is 1. The predicted octanol–water partition coefficient (Wildman–Crippen LogP) is 0.191. The molecule has 1 aromatic rings. The van der Waals surface area contributed by atoms with Gasteiger partial charge >= 0.3 is 0 Å². The highest BCUT2D eigenvalue weighted by molar-refractivity contribution is 5.91. The summed E-state index contributed by atoms with van der Waals surface area (Å²) in [7, 11) is 1.61. The van der Waals surface area contributed by atoms with Crippen molar-refractivity contribution in [3.63, 3.8) is 0 Å². The summed E-state index contributed by atoms with van der Waals surface area (Å²) in [6.45, 7) is 2.17. The number of hydrogen-bond acceptors (Lipinski definition) is 4. The van der Waals surface area contributed by atoms with Gasteiger partial charge in [-0.15, -0.1) is 0 Å². The van der Waals surface area contributed by atoms with E-state index in [4.69, 9.17) is 15.3 Å². The van der Waals surface area contributed by atoms with E-state index in [1.807, 2.05) is 0 Å². The van der Waals surface area contributed by atoms with E-state index in [0.29, 0.717) is 5.76 Å². The number of carbonyl (C=O) groups is 1. The van der Waals surface area contributed by atoms with Gasteiger partial charge in [-0.3, -0.25) is 4.79 Å². The van der Waals surface area contributed by atoms with E-state index in [1.54, 1.807) is 26.1 Å². The van der Waals surface area contributed by atoms with Crippen LogP contribution in [0.2, 0.25) is 0 Å². The van der Waals surface area contributed by atoms with E-state index in [1.165, 1.54) is 4.90 Å². The Balaban J connectivity index is 2.67. The van der Waals surface area contributed by atoms with Crippen molar-refractivity contribution in [3.8, 4) is 0 Å². The van der Waals surface area contributed by atoms with E-state index in [-0.39, 0.29) is 24.8 Å². The molecule has 0 fully saturated rings. The van der Waals surface area contributed by atoms with Gasteiger partial charge in [0.1, 0.15) is 5.76 Å². The molecule has 0 saturated heterocycles. The van der Waals surface area contributed by atoms with Gasteiger partial charge in [-0.05, 0) is 19.1 Å². The molecule has 0 saturated carbocycles. The molecule has 1 rings (SSSR count). The van der Waals surface area contributed by atoms with Gasteiger partial charge in [0.25, 0.3) is 5.91 Å². The van der Waals surface area contributed by atoms with Crippen LogP contribution in [-0.2, 0) is 6.54 Å². The lowest BCUT2D eigenvalue weighted by Crippen LogP contribution is -2.32. The van der Waals surface area contributed by atoms with Crippen molar-refractivity contribution in [1.29, 1.82) is 0 Å². The lowest BCUT2D eigenvalue weighted by atomic mass is 10.3. The van der Waals surface area contributed by atoms with Crippen LogP contribution < -0.4 is 5.73 Å². The zero-order chi connectivity index (χ0) is 11.4. The molecule has 1 amide bonds. The maximum Gasteiger partial charge on any atom is 0.289 e. The molecule has 0 bridgehead atoms. The SMILES string of the molecule is CC(O)CN(C)C(=O)c1ccc(CN)o1. The van der Waals surface area contributed by atoms with Gasteiger partial charge in [-0.1, -0.05) is 0 Å². The Morgan fingerprint density at radius 2 is 2.33 bits per heavy atom. The van der Waals surface area contributed by atoms with Crippen LogP contribution in [0.3, 0.4) is 0 Å². The molecular weight excluding hydrogens is 196 g/mol. The smallest absolute Gasteiger partial charge is 0.289 e. The minimum atomic E-state index is -0.553. The van der Waals surface area contributed by atoms with E-state index in [0.717, 1.165) is 0 Å². The maximum absolute atomic E-state index is 11.7. The Hall–Kier alpha value is -1.33. The summed E-state index contributed by atoms with van der Waals surface area (Å²) in [6, 6.07) is 3.26. The molecule has 15 heavy (non-hydrogen) atoms. The van der Waals surface area contributed by atoms with Crippen LogP contribution >= 0.6 is 0 Å². The highest BCUT2D eigenvalue weighted by atomic mass is 16.4. The van der Waals surface area contributed by atoms with E-state index >= 15 is 0 Å². The standard InChI is InChI=1S/C10H16N2O3/c1-7(13)6-12(2)10(14)9-4-3-8(5-11)15-9/h3-4,7,13H,5-6,11H2,1-2H3. The minimum Gasteiger partial charge on any atom is -0.455 e. The molecule has 1 aromatic heterocycles. The Labute approximate surface area is 88.5 Å². The molecule has 0 aliphatic carbocycles. The summed E-state index contributed by atoms with van der Waals surface area (Å²) in [5.74, 6) is 0.568. The largest absolute Gasteiger partial charge is 0.455 e. The average molecular weight is 212 g/mol. The third-order valence-corrected chi connectivity index (χ3v) is 1.96. The molecule has 1 atom stereocenters. The second kappa shape index (κ2) is 4.95. The molecule has 0 aromatic carbocycles. The number of nitrogens with zero attached hydrogens (tertiary/aromatic N) is 1. The molecule has 0 radical (unpaired) electrons. The van der Waals surface area contributed by atoms with Crippen LogP contribution in [0.5, 0.6) is 0 Å².